The van der Waals surface area contributed by atoms with E-state index in [1.54, 1.807) is 47.3 Å². The van der Waals surface area contributed by atoms with Crippen molar-refractivity contribution in [3.63, 3.8) is 0 Å². The lowest BCUT2D eigenvalue weighted by Gasteiger charge is -2.05. The third-order valence-corrected chi connectivity index (χ3v) is 5.25. The van der Waals surface area contributed by atoms with Gasteiger partial charge in [0.25, 0.3) is 5.91 Å². The molecule has 0 bridgehead atoms. The second-order valence-corrected chi connectivity index (χ2v) is 7.61. The van der Waals surface area contributed by atoms with E-state index in [4.69, 9.17) is 11.0 Å². The Kier molecular flexibility index (Phi) is 5.20. The molecule has 5 aromatic rings. The van der Waals surface area contributed by atoms with E-state index >= 15 is 0 Å². The molecule has 0 unspecified atom stereocenters. The van der Waals surface area contributed by atoms with Gasteiger partial charge in [-0.3, -0.25) is 14.6 Å². The minimum absolute atomic E-state index is 0.0605. The number of nitrogens with zero attached hydrogens (tertiary/aromatic N) is 5. The summed E-state index contributed by atoms with van der Waals surface area (Å²) in [5.74, 6) is -0.676. The number of hydrogen-bond donors (Lipinski definition) is 3. The van der Waals surface area contributed by atoms with Crippen LogP contribution in [-0.2, 0) is 6.54 Å². The highest BCUT2D eigenvalue weighted by atomic mass is 19.1. The van der Waals surface area contributed by atoms with Gasteiger partial charge in [-0.05, 0) is 42.0 Å². The molecule has 34 heavy (non-hydrogen) atoms. The molecular formula is C24H17FN8O. The largest absolute Gasteiger partial charge is 0.384 e. The number of hydrogen-bond acceptors (Lipinski definition) is 6. The second-order valence-electron chi connectivity index (χ2n) is 7.61. The lowest BCUT2D eigenvalue weighted by atomic mass is 10.0. The molecule has 3 heterocycles. The fourth-order valence-electron chi connectivity index (χ4n) is 3.63. The fourth-order valence-corrected chi connectivity index (χ4v) is 3.63. The van der Waals surface area contributed by atoms with Crippen LogP contribution in [0.3, 0.4) is 0 Å². The summed E-state index contributed by atoms with van der Waals surface area (Å²) in [6.45, 7) is 0.435. The number of aromatic amines is 1. The van der Waals surface area contributed by atoms with Gasteiger partial charge in [-0.1, -0.05) is 12.1 Å². The van der Waals surface area contributed by atoms with Crippen LogP contribution in [0.1, 0.15) is 21.6 Å². The second kappa shape index (κ2) is 8.48. The molecule has 0 spiro atoms. The number of nitrogens with one attached hydrogen (secondary N) is 2. The van der Waals surface area contributed by atoms with Gasteiger partial charge in [-0.15, -0.1) is 0 Å². The highest BCUT2D eigenvalue weighted by Gasteiger charge is 2.18. The summed E-state index contributed by atoms with van der Waals surface area (Å²) in [4.78, 5) is 16.8. The number of carbonyl (C=O) groups is 1. The number of anilines is 2. The molecule has 0 aliphatic carbocycles. The maximum absolute atomic E-state index is 14.9. The lowest BCUT2D eigenvalue weighted by Crippen LogP contribution is -2.12. The number of benzene rings is 2. The standard InChI is InChI=1S/C24H17FN8O/c25-20-7-19-21(8-18(20)16-4-5-22(27)28-10-16)31-32-23(19)24(34)30-17-11-29-33(13-17)12-15-3-1-2-14(6-15)9-26/h1-8,10-11,13H,12H2,(H2,27,28)(H,30,34)(H,31,32). The van der Waals surface area contributed by atoms with Crippen LogP contribution < -0.4 is 11.1 Å². The van der Waals surface area contributed by atoms with Gasteiger partial charge in [0.05, 0.1) is 35.6 Å². The van der Waals surface area contributed by atoms with E-state index in [0.717, 1.165) is 5.56 Å². The van der Waals surface area contributed by atoms with E-state index in [1.165, 1.54) is 18.5 Å². The number of amides is 1. The van der Waals surface area contributed by atoms with Crippen LogP contribution in [0, 0.1) is 17.1 Å². The van der Waals surface area contributed by atoms with Crippen LogP contribution in [0.4, 0.5) is 15.9 Å². The van der Waals surface area contributed by atoms with Crippen molar-refractivity contribution < 1.29 is 9.18 Å². The summed E-state index contributed by atoms with van der Waals surface area (Å²) >= 11 is 0. The molecule has 0 aliphatic rings. The van der Waals surface area contributed by atoms with E-state index in [1.807, 2.05) is 6.07 Å². The van der Waals surface area contributed by atoms with E-state index in [-0.39, 0.29) is 5.69 Å². The first-order valence-electron chi connectivity index (χ1n) is 10.2. The number of nitriles is 1. The van der Waals surface area contributed by atoms with Crippen molar-refractivity contribution in [3.8, 4) is 17.2 Å². The Bertz CT molecular complexity index is 1560. The molecule has 9 nitrogen and oxygen atoms in total. The number of rotatable bonds is 5. The first-order chi connectivity index (χ1) is 16.5. The normalized spacial score (nSPS) is 10.8. The summed E-state index contributed by atoms with van der Waals surface area (Å²) in [6.07, 6.45) is 4.66. The molecule has 0 atom stereocenters. The first kappa shape index (κ1) is 20.8. The molecule has 2 aromatic carbocycles. The van der Waals surface area contributed by atoms with E-state index in [2.05, 4.69) is 31.7 Å². The average molecular weight is 452 g/mol. The Balaban J connectivity index is 1.35. The van der Waals surface area contributed by atoms with Crippen LogP contribution in [0.2, 0.25) is 0 Å². The minimum Gasteiger partial charge on any atom is -0.384 e. The topological polar surface area (TPSA) is 138 Å². The van der Waals surface area contributed by atoms with Crippen LogP contribution >= 0.6 is 0 Å². The van der Waals surface area contributed by atoms with Crippen molar-refractivity contribution in [3.05, 3.63) is 89.8 Å². The van der Waals surface area contributed by atoms with Crippen LogP contribution in [0.5, 0.6) is 0 Å². The number of aromatic nitrogens is 5. The summed E-state index contributed by atoms with van der Waals surface area (Å²) in [5, 5.41) is 23.2. The van der Waals surface area contributed by atoms with Crippen molar-refractivity contribution in [2.24, 2.45) is 0 Å². The Labute approximate surface area is 192 Å². The molecular weight excluding hydrogens is 435 g/mol. The minimum atomic E-state index is -0.512. The van der Waals surface area contributed by atoms with Gasteiger partial charge in [-0.25, -0.2) is 9.37 Å². The number of H-pyrrole nitrogens is 1. The number of fused-ring (bicyclic) bond motifs is 1. The third-order valence-electron chi connectivity index (χ3n) is 5.25. The monoisotopic (exact) mass is 452 g/mol. The predicted octanol–water partition coefficient (Wildman–Crippen LogP) is 3.71. The molecule has 0 fully saturated rings. The summed E-state index contributed by atoms with van der Waals surface area (Å²) in [7, 11) is 0. The average Bonchev–Trinajstić information content (AvgIpc) is 3.45. The van der Waals surface area contributed by atoms with Crippen molar-refractivity contribution in [1.82, 2.24) is 25.0 Å². The van der Waals surface area contributed by atoms with Crippen LogP contribution in [0.15, 0.2) is 67.1 Å². The lowest BCUT2D eigenvalue weighted by molar-refractivity contribution is 0.102. The third kappa shape index (κ3) is 4.05. The van der Waals surface area contributed by atoms with Crippen molar-refractivity contribution >= 4 is 28.3 Å². The van der Waals surface area contributed by atoms with Crippen molar-refractivity contribution in [2.45, 2.75) is 6.54 Å². The van der Waals surface area contributed by atoms with Crippen molar-refractivity contribution in [1.29, 1.82) is 5.26 Å². The van der Waals surface area contributed by atoms with Gasteiger partial charge in [0.1, 0.15) is 11.6 Å². The first-order valence-corrected chi connectivity index (χ1v) is 10.2. The SMILES string of the molecule is N#Cc1cccc(Cn2cc(NC(=O)c3n[nH]c4cc(-c5ccc(N)nc5)c(F)cc34)cn2)c1. The number of nitrogen functional groups attached to an aromatic ring is 1. The highest BCUT2D eigenvalue weighted by Crippen LogP contribution is 2.28. The molecule has 0 saturated heterocycles. The van der Waals surface area contributed by atoms with Gasteiger partial charge in [-0.2, -0.15) is 15.5 Å². The summed E-state index contributed by atoms with van der Waals surface area (Å²) in [5.41, 5.74) is 8.97. The molecule has 1 amide bonds. The Morgan fingerprint density at radius 1 is 1.21 bits per heavy atom. The molecule has 0 saturated carbocycles. The van der Waals surface area contributed by atoms with Gasteiger partial charge < -0.3 is 11.1 Å². The zero-order valence-electron chi connectivity index (χ0n) is 17.7. The van der Waals surface area contributed by atoms with E-state index in [0.29, 0.717) is 45.6 Å². The van der Waals surface area contributed by atoms with Gasteiger partial charge in [0.15, 0.2) is 5.69 Å². The quantitative estimate of drug-likeness (QED) is 0.372. The van der Waals surface area contributed by atoms with Gasteiger partial charge in [0, 0.05) is 28.9 Å². The van der Waals surface area contributed by atoms with E-state index in [9.17, 15) is 9.18 Å². The zero-order chi connectivity index (χ0) is 23.7. The Morgan fingerprint density at radius 2 is 2.09 bits per heavy atom. The Hall–Kier alpha value is -5.04. The number of pyridine rings is 1. The van der Waals surface area contributed by atoms with Crippen molar-refractivity contribution in [2.75, 3.05) is 11.1 Å². The van der Waals surface area contributed by atoms with Crippen LogP contribution in [0.25, 0.3) is 22.0 Å². The molecule has 4 N–H and O–H groups in total. The summed E-state index contributed by atoms with van der Waals surface area (Å²) in [6, 6.07) is 15.4. The van der Waals surface area contributed by atoms with Crippen LogP contribution in [-0.4, -0.2) is 30.9 Å². The Morgan fingerprint density at radius 3 is 2.88 bits per heavy atom. The predicted molar refractivity (Wildman–Crippen MR) is 124 cm³/mol. The summed E-state index contributed by atoms with van der Waals surface area (Å²) < 4.78 is 16.5. The molecule has 5 rings (SSSR count). The highest BCUT2D eigenvalue weighted by molar-refractivity contribution is 6.11. The maximum Gasteiger partial charge on any atom is 0.276 e. The molecule has 166 valence electrons. The van der Waals surface area contributed by atoms with Gasteiger partial charge >= 0.3 is 0 Å². The molecule has 0 aliphatic heterocycles. The molecule has 3 aromatic heterocycles. The maximum atomic E-state index is 14.9. The molecule has 0 radical (unpaired) electrons. The van der Waals surface area contributed by atoms with E-state index < -0.39 is 11.7 Å². The zero-order valence-corrected chi connectivity index (χ0v) is 17.7. The fraction of sp³-hybridized carbons (Fsp3) is 0.0417. The number of carbonyl (C=O) groups excluding carboxylic acids is 1. The number of nitrogens with two attached hydrogens (primary N) is 1. The van der Waals surface area contributed by atoms with Gasteiger partial charge in [0.2, 0.25) is 0 Å². The molecule has 10 heteroatoms. The number of halogens is 1. The smallest absolute Gasteiger partial charge is 0.276 e.